The summed E-state index contributed by atoms with van der Waals surface area (Å²) < 4.78 is 10.5. The molecule has 1 atom stereocenters. The molecule has 1 aromatic heterocycles. The van der Waals surface area contributed by atoms with E-state index in [1.54, 1.807) is 23.5 Å². The maximum atomic E-state index is 12.5. The molecule has 27 heavy (non-hydrogen) atoms. The first-order valence-electron chi connectivity index (χ1n) is 8.76. The first-order chi connectivity index (χ1) is 13.0. The second-order valence-electron chi connectivity index (χ2n) is 5.82. The third-order valence-corrected chi connectivity index (χ3v) is 5.36. The van der Waals surface area contributed by atoms with Crippen molar-refractivity contribution in [3.8, 4) is 11.5 Å². The van der Waals surface area contributed by atoms with Crippen molar-refractivity contribution in [2.24, 2.45) is 0 Å². The molecule has 2 amide bonds. The lowest BCUT2D eigenvalue weighted by Gasteiger charge is -2.29. The number of hydrogen-bond donors (Lipinski definition) is 2. The van der Waals surface area contributed by atoms with E-state index in [2.05, 4.69) is 46.2 Å². The highest BCUT2D eigenvalue weighted by Gasteiger charge is 2.20. The Balaban J connectivity index is 2.08. The summed E-state index contributed by atoms with van der Waals surface area (Å²) in [7, 11) is 3.04. The van der Waals surface area contributed by atoms with Gasteiger partial charge in [-0.2, -0.15) is 11.3 Å². The summed E-state index contributed by atoms with van der Waals surface area (Å²) in [5.74, 6) is 0.932. The topological polar surface area (TPSA) is 62.8 Å². The molecule has 0 aliphatic heterocycles. The molecular formula is C19H26ClN3O3S. The van der Waals surface area contributed by atoms with Crippen LogP contribution in [-0.2, 0) is 0 Å². The highest BCUT2D eigenvalue weighted by Crippen LogP contribution is 2.35. The van der Waals surface area contributed by atoms with E-state index in [1.165, 1.54) is 19.8 Å². The van der Waals surface area contributed by atoms with Gasteiger partial charge in [0.2, 0.25) is 0 Å². The second kappa shape index (κ2) is 10.4. The zero-order chi connectivity index (χ0) is 19.8. The first kappa shape index (κ1) is 21.3. The van der Waals surface area contributed by atoms with E-state index >= 15 is 0 Å². The van der Waals surface area contributed by atoms with Crippen LogP contribution in [-0.4, -0.2) is 44.8 Å². The number of methoxy groups -OCH3 is 2. The van der Waals surface area contributed by atoms with Crippen LogP contribution in [0.15, 0.2) is 29.0 Å². The lowest BCUT2D eigenvalue weighted by atomic mass is 10.1. The minimum absolute atomic E-state index is 0.124. The zero-order valence-electron chi connectivity index (χ0n) is 16.0. The van der Waals surface area contributed by atoms with Gasteiger partial charge in [-0.15, -0.1) is 0 Å². The molecule has 0 fully saturated rings. The molecule has 0 radical (unpaired) electrons. The third-order valence-electron chi connectivity index (χ3n) is 4.36. The van der Waals surface area contributed by atoms with E-state index in [4.69, 9.17) is 21.1 Å². The van der Waals surface area contributed by atoms with Gasteiger partial charge in [0.1, 0.15) is 11.5 Å². The minimum Gasteiger partial charge on any atom is -0.495 e. The molecule has 0 saturated carbocycles. The van der Waals surface area contributed by atoms with Crippen LogP contribution < -0.4 is 20.1 Å². The van der Waals surface area contributed by atoms with Crippen LogP contribution in [0.1, 0.15) is 25.5 Å². The quantitative estimate of drug-likeness (QED) is 0.631. The zero-order valence-corrected chi connectivity index (χ0v) is 17.6. The third kappa shape index (κ3) is 5.51. The van der Waals surface area contributed by atoms with Gasteiger partial charge < -0.3 is 20.1 Å². The van der Waals surface area contributed by atoms with E-state index in [0.717, 1.165) is 13.1 Å². The molecule has 0 bridgehead atoms. The molecule has 1 heterocycles. The molecule has 6 nitrogen and oxygen atoms in total. The number of carbonyl (C=O) groups is 1. The molecule has 2 aromatic rings. The Hall–Kier alpha value is -1.96. The molecule has 1 aromatic carbocycles. The Bertz CT molecular complexity index is 736. The molecule has 0 spiro atoms. The molecule has 2 rings (SSSR count). The molecule has 1 unspecified atom stereocenters. The number of rotatable bonds is 9. The number of likely N-dealkylation sites (N-methyl/N-ethyl adjacent to an activating group) is 1. The van der Waals surface area contributed by atoms with Crippen molar-refractivity contribution >= 4 is 34.7 Å². The average molecular weight is 412 g/mol. The molecule has 2 N–H and O–H groups in total. The van der Waals surface area contributed by atoms with Crippen molar-refractivity contribution in [2.75, 3.05) is 39.2 Å². The monoisotopic (exact) mass is 411 g/mol. The van der Waals surface area contributed by atoms with E-state index < -0.39 is 0 Å². The lowest BCUT2D eigenvalue weighted by Crippen LogP contribution is -2.39. The number of hydrogen-bond acceptors (Lipinski definition) is 5. The maximum Gasteiger partial charge on any atom is 0.319 e. The van der Waals surface area contributed by atoms with Crippen LogP contribution in [0.4, 0.5) is 10.5 Å². The number of ether oxygens (including phenoxy) is 2. The van der Waals surface area contributed by atoms with Crippen LogP contribution in [0.25, 0.3) is 0 Å². The summed E-state index contributed by atoms with van der Waals surface area (Å²) in [5, 5.41) is 10.4. The fourth-order valence-electron chi connectivity index (χ4n) is 2.90. The Kier molecular flexibility index (Phi) is 8.22. The van der Waals surface area contributed by atoms with Crippen LogP contribution in [0.3, 0.4) is 0 Å². The maximum absolute atomic E-state index is 12.5. The van der Waals surface area contributed by atoms with Crippen molar-refractivity contribution in [3.63, 3.8) is 0 Å². The summed E-state index contributed by atoms with van der Waals surface area (Å²) in [4.78, 5) is 14.8. The number of thiophene rings is 1. The number of halogens is 1. The smallest absolute Gasteiger partial charge is 0.319 e. The highest BCUT2D eigenvalue weighted by molar-refractivity contribution is 7.08. The van der Waals surface area contributed by atoms with E-state index in [-0.39, 0.29) is 12.1 Å². The number of benzene rings is 1. The molecule has 148 valence electrons. The van der Waals surface area contributed by atoms with Gasteiger partial charge in [-0.25, -0.2) is 4.79 Å². The molecule has 8 heteroatoms. The molecule has 0 aliphatic rings. The lowest BCUT2D eigenvalue weighted by molar-refractivity contribution is 0.210. The van der Waals surface area contributed by atoms with Gasteiger partial charge in [-0.05, 0) is 35.5 Å². The van der Waals surface area contributed by atoms with Gasteiger partial charge in [0.15, 0.2) is 0 Å². The van der Waals surface area contributed by atoms with Gasteiger partial charge in [0, 0.05) is 18.7 Å². The Labute approximate surface area is 169 Å². The van der Waals surface area contributed by atoms with E-state index in [0.29, 0.717) is 28.8 Å². The van der Waals surface area contributed by atoms with Crippen LogP contribution >= 0.6 is 22.9 Å². The largest absolute Gasteiger partial charge is 0.495 e. The van der Waals surface area contributed by atoms with Crippen LogP contribution in [0, 0.1) is 0 Å². The van der Waals surface area contributed by atoms with Gasteiger partial charge in [0.05, 0.1) is 31.0 Å². The predicted octanol–water partition coefficient (Wildman–Crippen LogP) is 4.62. The average Bonchev–Trinajstić information content (AvgIpc) is 3.20. The van der Waals surface area contributed by atoms with Crippen molar-refractivity contribution < 1.29 is 14.3 Å². The van der Waals surface area contributed by atoms with Gasteiger partial charge in [0.25, 0.3) is 0 Å². The van der Waals surface area contributed by atoms with Gasteiger partial charge >= 0.3 is 6.03 Å². The number of carbonyl (C=O) groups excluding carboxylic acids is 1. The van der Waals surface area contributed by atoms with Crippen molar-refractivity contribution in [1.29, 1.82) is 0 Å². The SMILES string of the molecule is CCN(CC)C(CNC(=O)Nc1cc(OC)c(Cl)cc1OC)c1ccsc1. The standard InChI is InChI=1S/C19H26ClN3O3S/c1-5-23(6-2)16(13-7-8-27-12-13)11-21-19(24)22-15-10-17(25-3)14(20)9-18(15)26-4/h7-10,12,16H,5-6,11H2,1-4H3,(H2,21,22,24). The van der Waals surface area contributed by atoms with Crippen molar-refractivity contribution in [2.45, 2.75) is 19.9 Å². The van der Waals surface area contributed by atoms with Gasteiger partial charge in [-0.1, -0.05) is 25.4 Å². The number of urea groups is 1. The number of anilines is 1. The fourth-order valence-corrected chi connectivity index (χ4v) is 3.84. The highest BCUT2D eigenvalue weighted by atomic mass is 35.5. The molecular weight excluding hydrogens is 386 g/mol. The Morgan fingerprint density at radius 1 is 1.22 bits per heavy atom. The number of amides is 2. The van der Waals surface area contributed by atoms with Gasteiger partial charge in [-0.3, -0.25) is 4.90 Å². The summed E-state index contributed by atoms with van der Waals surface area (Å²) in [6, 6.07) is 5.16. The molecule has 0 aliphatic carbocycles. The number of nitrogens with zero attached hydrogens (tertiary/aromatic N) is 1. The van der Waals surface area contributed by atoms with E-state index in [9.17, 15) is 4.79 Å². The fraction of sp³-hybridized carbons (Fsp3) is 0.421. The molecule has 0 saturated heterocycles. The minimum atomic E-state index is -0.315. The number of nitrogens with one attached hydrogen (secondary N) is 2. The predicted molar refractivity (Wildman–Crippen MR) is 112 cm³/mol. The summed E-state index contributed by atoms with van der Waals surface area (Å²) in [5.41, 5.74) is 1.70. The second-order valence-corrected chi connectivity index (χ2v) is 7.00. The summed E-state index contributed by atoms with van der Waals surface area (Å²) >= 11 is 7.76. The summed E-state index contributed by atoms with van der Waals surface area (Å²) in [6.45, 7) is 6.55. The van der Waals surface area contributed by atoms with Crippen molar-refractivity contribution in [3.05, 3.63) is 39.5 Å². The first-order valence-corrected chi connectivity index (χ1v) is 10.1. The summed E-state index contributed by atoms with van der Waals surface area (Å²) in [6.07, 6.45) is 0. The van der Waals surface area contributed by atoms with Crippen molar-refractivity contribution in [1.82, 2.24) is 10.2 Å². The van der Waals surface area contributed by atoms with E-state index in [1.807, 2.05) is 0 Å². The Morgan fingerprint density at radius 2 is 1.93 bits per heavy atom. The Morgan fingerprint density at radius 3 is 2.48 bits per heavy atom. The normalized spacial score (nSPS) is 11.9. The van der Waals surface area contributed by atoms with Crippen LogP contribution in [0.2, 0.25) is 5.02 Å². The van der Waals surface area contributed by atoms with Crippen LogP contribution in [0.5, 0.6) is 11.5 Å².